The molecule has 2 N–H and O–H groups in total. The molecule has 194 valence electrons. The molecule has 0 spiro atoms. The summed E-state index contributed by atoms with van der Waals surface area (Å²) in [6.07, 6.45) is 7.57. The summed E-state index contributed by atoms with van der Waals surface area (Å²) in [6, 6.07) is 8.10. The minimum atomic E-state index is -0.244. The lowest BCUT2D eigenvalue weighted by Crippen LogP contribution is -2.45. The summed E-state index contributed by atoms with van der Waals surface area (Å²) in [7, 11) is 0. The number of hydrogen-bond acceptors (Lipinski definition) is 9. The van der Waals surface area contributed by atoms with Gasteiger partial charge in [-0.1, -0.05) is 6.07 Å². The summed E-state index contributed by atoms with van der Waals surface area (Å²) in [5.41, 5.74) is 3.68. The summed E-state index contributed by atoms with van der Waals surface area (Å²) in [6.45, 7) is 4.76. The van der Waals surface area contributed by atoms with Crippen LogP contribution in [0.15, 0.2) is 41.3 Å². The number of amides is 1. The van der Waals surface area contributed by atoms with Gasteiger partial charge < -0.3 is 24.5 Å². The zero-order chi connectivity index (χ0) is 25.9. The highest BCUT2D eigenvalue weighted by Crippen LogP contribution is 2.52. The molecule has 10 heteroatoms. The number of benzene rings is 1. The Kier molecular flexibility index (Phi) is 5.08. The van der Waals surface area contributed by atoms with E-state index >= 15 is 0 Å². The Bertz CT molecular complexity index is 1570. The van der Waals surface area contributed by atoms with E-state index in [1.807, 2.05) is 25.1 Å². The van der Waals surface area contributed by atoms with Gasteiger partial charge in [-0.15, -0.1) is 0 Å². The van der Waals surface area contributed by atoms with Crippen LogP contribution in [0.3, 0.4) is 0 Å². The monoisotopic (exact) mass is 512 g/mol. The average Bonchev–Trinajstić information content (AvgIpc) is 3.61. The van der Waals surface area contributed by atoms with Crippen LogP contribution in [0.5, 0.6) is 11.6 Å². The van der Waals surface area contributed by atoms with Gasteiger partial charge in [-0.25, -0.2) is 19.9 Å². The quantitative estimate of drug-likeness (QED) is 0.401. The van der Waals surface area contributed by atoms with Crippen molar-refractivity contribution >= 4 is 22.8 Å². The summed E-state index contributed by atoms with van der Waals surface area (Å²) in [5.74, 6) is 2.18. The fourth-order valence-electron chi connectivity index (χ4n) is 6.29. The largest absolute Gasteiger partial charge is 0.484 e. The van der Waals surface area contributed by atoms with Crippen LogP contribution in [-0.2, 0) is 0 Å². The second kappa shape index (κ2) is 8.41. The van der Waals surface area contributed by atoms with E-state index in [4.69, 9.17) is 23.9 Å². The standard InChI is InChI=1S/C28H28N6O4/c1-16-20-13-18(19-5-10-29-25-23(19)36-11-12-37-25)3-4-21(20)32-26(31-16)34-28-8-6-27(14-28,7-9-28)33-24(35)22-17(2)38-15-30-22/h3-5,10,13,15H,6-9,11-12,14H2,1-2H3,(H,33,35)(H,31,32,34). The second-order valence-corrected chi connectivity index (χ2v) is 10.6. The van der Waals surface area contributed by atoms with E-state index < -0.39 is 0 Å². The SMILES string of the molecule is Cc1ocnc1C(=O)NC12CCC(Nc3nc(C)c4cc(-c5ccnc6c5OCCO6)ccc4n3)(CC1)C2. The molecule has 0 saturated heterocycles. The van der Waals surface area contributed by atoms with Crippen LogP contribution in [-0.4, -0.2) is 50.1 Å². The highest BCUT2D eigenvalue weighted by molar-refractivity contribution is 5.93. The van der Waals surface area contributed by atoms with Crippen molar-refractivity contribution in [3.8, 4) is 22.8 Å². The van der Waals surface area contributed by atoms with Gasteiger partial charge in [-0.2, -0.15) is 0 Å². The number of pyridine rings is 1. The normalized spacial score (nSPS) is 23.5. The average molecular weight is 513 g/mol. The first-order valence-electron chi connectivity index (χ1n) is 13.0. The fraction of sp³-hybridized carbons (Fsp3) is 0.393. The van der Waals surface area contributed by atoms with Crippen molar-refractivity contribution in [1.29, 1.82) is 0 Å². The lowest BCUT2D eigenvalue weighted by molar-refractivity contribution is 0.0895. The summed E-state index contributed by atoms with van der Waals surface area (Å²) < 4.78 is 16.7. The number of ether oxygens (including phenoxy) is 2. The van der Waals surface area contributed by atoms with Crippen LogP contribution in [0.2, 0.25) is 0 Å². The zero-order valence-electron chi connectivity index (χ0n) is 21.3. The van der Waals surface area contributed by atoms with Gasteiger partial charge in [0.15, 0.2) is 17.8 Å². The Balaban J connectivity index is 1.13. The third-order valence-electron chi connectivity index (χ3n) is 8.19. The molecule has 1 aliphatic heterocycles. The molecular formula is C28H28N6O4. The van der Waals surface area contributed by atoms with E-state index in [1.165, 1.54) is 6.39 Å². The minimum Gasteiger partial charge on any atom is -0.484 e. The molecular weight excluding hydrogens is 484 g/mol. The van der Waals surface area contributed by atoms with Gasteiger partial charge in [0.25, 0.3) is 11.8 Å². The van der Waals surface area contributed by atoms with Crippen LogP contribution in [0, 0.1) is 13.8 Å². The van der Waals surface area contributed by atoms with Crippen LogP contribution in [0.25, 0.3) is 22.0 Å². The number of aromatic nitrogens is 4. The Labute approximate surface area is 219 Å². The molecule has 1 aromatic carbocycles. The molecule has 1 amide bonds. The first kappa shape index (κ1) is 22.9. The number of hydrogen-bond donors (Lipinski definition) is 2. The fourth-order valence-corrected chi connectivity index (χ4v) is 6.29. The maximum absolute atomic E-state index is 12.8. The van der Waals surface area contributed by atoms with Gasteiger partial charge in [-0.3, -0.25) is 4.79 Å². The van der Waals surface area contributed by atoms with Crippen LogP contribution < -0.4 is 20.1 Å². The van der Waals surface area contributed by atoms with Gasteiger partial charge in [0.05, 0.1) is 11.2 Å². The minimum absolute atomic E-state index is 0.139. The molecule has 2 aliphatic carbocycles. The van der Waals surface area contributed by atoms with Crippen LogP contribution in [0.4, 0.5) is 5.95 Å². The third kappa shape index (κ3) is 3.74. The maximum atomic E-state index is 12.8. The van der Waals surface area contributed by atoms with Gasteiger partial charge in [0, 0.05) is 28.2 Å². The van der Waals surface area contributed by atoms with Gasteiger partial charge >= 0.3 is 0 Å². The molecule has 2 bridgehead atoms. The number of aryl methyl sites for hydroxylation is 2. The van der Waals surface area contributed by atoms with E-state index in [1.54, 1.807) is 13.1 Å². The Morgan fingerprint density at radius 3 is 2.61 bits per heavy atom. The van der Waals surface area contributed by atoms with Gasteiger partial charge in [-0.05, 0) is 69.7 Å². The van der Waals surface area contributed by atoms with E-state index in [9.17, 15) is 4.79 Å². The molecule has 0 unspecified atom stereocenters. The molecule has 3 aromatic heterocycles. The molecule has 2 fully saturated rings. The molecule has 0 radical (unpaired) electrons. The summed E-state index contributed by atoms with van der Waals surface area (Å²) >= 11 is 0. The molecule has 4 heterocycles. The number of carbonyl (C=O) groups is 1. The predicted molar refractivity (Wildman–Crippen MR) is 139 cm³/mol. The number of anilines is 1. The Morgan fingerprint density at radius 1 is 0.974 bits per heavy atom. The van der Waals surface area contributed by atoms with Gasteiger partial charge in [0.2, 0.25) is 5.95 Å². The van der Waals surface area contributed by atoms with Crippen molar-refractivity contribution < 1.29 is 18.7 Å². The lowest BCUT2D eigenvalue weighted by Gasteiger charge is -2.29. The highest BCUT2D eigenvalue weighted by Gasteiger charge is 2.55. The second-order valence-electron chi connectivity index (χ2n) is 10.6. The van der Waals surface area contributed by atoms with Crippen molar-refractivity contribution in [2.45, 2.75) is 57.0 Å². The van der Waals surface area contributed by atoms with Gasteiger partial charge in [0.1, 0.15) is 19.0 Å². The predicted octanol–water partition coefficient (Wildman–Crippen LogP) is 4.37. The van der Waals surface area contributed by atoms with Crippen molar-refractivity contribution in [2.75, 3.05) is 18.5 Å². The molecule has 2 saturated carbocycles. The Morgan fingerprint density at radius 2 is 1.79 bits per heavy atom. The van der Waals surface area contributed by atoms with E-state index in [2.05, 4.69) is 26.7 Å². The molecule has 10 nitrogen and oxygen atoms in total. The van der Waals surface area contributed by atoms with Crippen molar-refractivity contribution in [2.24, 2.45) is 0 Å². The number of fused-ring (bicyclic) bond motifs is 4. The van der Waals surface area contributed by atoms with E-state index in [-0.39, 0.29) is 17.0 Å². The number of carbonyl (C=O) groups excluding carboxylic acids is 1. The highest BCUT2D eigenvalue weighted by atomic mass is 16.6. The van der Waals surface area contributed by atoms with E-state index in [0.29, 0.717) is 42.2 Å². The maximum Gasteiger partial charge on any atom is 0.273 e. The Hall–Kier alpha value is -4.21. The van der Waals surface area contributed by atoms with Crippen LogP contribution >= 0.6 is 0 Å². The molecule has 0 atom stereocenters. The zero-order valence-corrected chi connectivity index (χ0v) is 21.3. The molecule has 4 aromatic rings. The van der Waals surface area contributed by atoms with Crippen molar-refractivity contribution in [1.82, 2.24) is 25.3 Å². The number of oxazole rings is 1. The third-order valence-corrected chi connectivity index (χ3v) is 8.19. The van der Waals surface area contributed by atoms with Crippen molar-refractivity contribution in [3.05, 3.63) is 54.0 Å². The molecule has 38 heavy (non-hydrogen) atoms. The molecule has 3 aliphatic rings. The van der Waals surface area contributed by atoms with E-state index in [0.717, 1.165) is 59.8 Å². The van der Waals surface area contributed by atoms with Crippen molar-refractivity contribution in [3.63, 3.8) is 0 Å². The smallest absolute Gasteiger partial charge is 0.273 e. The number of nitrogens with zero attached hydrogens (tertiary/aromatic N) is 4. The molecule has 7 rings (SSSR count). The number of nitrogens with one attached hydrogen (secondary N) is 2. The lowest BCUT2D eigenvalue weighted by atomic mass is 9.91. The topological polar surface area (TPSA) is 124 Å². The first-order valence-corrected chi connectivity index (χ1v) is 13.0. The summed E-state index contributed by atoms with van der Waals surface area (Å²) in [4.78, 5) is 30.9. The summed E-state index contributed by atoms with van der Waals surface area (Å²) in [5, 5.41) is 7.90. The van der Waals surface area contributed by atoms with Crippen LogP contribution in [0.1, 0.15) is 54.0 Å². The first-order chi connectivity index (χ1) is 18.4. The number of rotatable bonds is 5.